The fourth-order valence-corrected chi connectivity index (χ4v) is 2.07. The summed E-state index contributed by atoms with van der Waals surface area (Å²) in [6.45, 7) is 2.25. The van der Waals surface area contributed by atoms with E-state index in [9.17, 15) is 0 Å². The lowest BCUT2D eigenvalue weighted by atomic mass is 10.1. The highest BCUT2D eigenvalue weighted by atomic mass is 35.5. The van der Waals surface area contributed by atoms with Crippen molar-refractivity contribution in [3.05, 3.63) is 47.0 Å². The van der Waals surface area contributed by atoms with E-state index in [2.05, 4.69) is 25.1 Å². The maximum absolute atomic E-state index is 6.09. The average Bonchev–Trinajstić information content (AvgIpc) is 2.35. The van der Waals surface area contributed by atoms with Gasteiger partial charge in [0.05, 0.1) is 0 Å². The molecule has 0 nitrogen and oxygen atoms in total. The molecular formula is C16H23Cl. The van der Waals surface area contributed by atoms with Crippen LogP contribution in [-0.2, 0) is 6.42 Å². The summed E-state index contributed by atoms with van der Waals surface area (Å²) in [4.78, 5) is 0. The van der Waals surface area contributed by atoms with Gasteiger partial charge in [-0.1, -0.05) is 74.6 Å². The monoisotopic (exact) mass is 250 g/mol. The molecule has 0 bridgehead atoms. The third kappa shape index (κ3) is 6.53. The Labute approximate surface area is 111 Å². The lowest BCUT2D eigenvalue weighted by Crippen LogP contribution is -1.82. The van der Waals surface area contributed by atoms with E-state index < -0.39 is 0 Å². The summed E-state index contributed by atoms with van der Waals surface area (Å²) in [7, 11) is 0. The van der Waals surface area contributed by atoms with E-state index in [0.717, 1.165) is 11.4 Å². The Bertz CT molecular complexity index is 328. The first kappa shape index (κ1) is 14.3. The van der Waals surface area contributed by atoms with E-state index in [-0.39, 0.29) is 0 Å². The first-order valence-electron chi connectivity index (χ1n) is 6.73. The molecule has 0 aliphatic rings. The van der Waals surface area contributed by atoms with E-state index in [4.69, 9.17) is 11.6 Å². The second kappa shape index (κ2) is 9.30. The molecular weight excluding hydrogens is 228 g/mol. The number of rotatable bonds is 8. The Morgan fingerprint density at radius 1 is 1.00 bits per heavy atom. The van der Waals surface area contributed by atoms with E-state index >= 15 is 0 Å². The van der Waals surface area contributed by atoms with Crippen LogP contribution in [0.1, 0.15) is 51.0 Å². The third-order valence-corrected chi connectivity index (χ3v) is 3.31. The zero-order valence-corrected chi connectivity index (χ0v) is 11.5. The molecule has 17 heavy (non-hydrogen) atoms. The first-order chi connectivity index (χ1) is 8.34. The zero-order valence-electron chi connectivity index (χ0n) is 10.8. The van der Waals surface area contributed by atoms with Crippen molar-refractivity contribution in [1.29, 1.82) is 0 Å². The maximum Gasteiger partial charge on any atom is 0.0441 e. The van der Waals surface area contributed by atoms with E-state index in [0.29, 0.717) is 0 Å². The smallest absolute Gasteiger partial charge is 0.0441 e. The molecule has 0 fully saturated rings. The van der Waals surface area contributed by atoms with Crippen molar-refractivity contribution in [2.75, 3.05) is 0 Å². The summed E-state index contributed by atoms with van der Waals surface area (Å²) < 4.78 is 0. The van der Waals surface area contributed by atoms with Crippen molar-refractivity contribution in [1.82, 2.24) is 0 Å². The van der Waals surface area contributed by atoms with Crippen LogP contribution < -0.4 is 0 Å². The van der Waals surface area contributed by atoms with Crippen LogP contribution in [0.15, 0.2) is 36.4 Å². The van der Waals surface area contributed by atoms with Crippen LogP contribution in [0.4, 0.5) is 0 Å². The second-order valence-corrected chi connectivity index (χ2v) is 4.88. The number of unbranched alkanes of at least 4 members (excludes halogenated alkanes) is 5. The highest BCUT2D eigenvalue weighted by Crippen LogP contribution is 2.15. The van der Waals surface area contributed by atoms with Gasteiger partial charge in [-0.15, -0.1) is 0 Å². The minimum Gasteiger partial charge on any atom is -0.0882 e. The third-order valence-electron chi connectivity index (χ3n) is 2.94. The highest BCUT2D eigenvalue weighted by molar-refractivity contribution is 6.31. The molecule has 0 saturated carbocycles. The molecule has 1 rings (SSSR count). The van der Waals surface area contributed by atoms with Gasteiger partial charge >= 0.3 is 0 Å². The predicted molar refractivity (Wildman–Crippen MR) is 77.7 cm³/mol. The van der Waals surface area contributed by atoms with Crippen molar-refractivity contribution in [3.8, 4) is 0 Å². The van der Waals surface area contributed by atoms with Crippen LogP contribution in [0, 0.1) is 0 Å². The lowest BCUT2D eigenvalue weighted by Gasteiger charge is -1.99. The van der Waals surface area contributed by atoms with Crippen molar-refractivity contribution in [2.45, 2.75) is 51.9 Å². The minimum atomic E-state index is 0.875. The summed E-state index contributed by atoms with van der Waals surface area (Å²) in [5.74, 6) is 0. The molecule has 0 radical (unpaired) electrons. The molecule has 0 heterocycles. The molecule has 1 aromatic rings. The molecule has 0 aliphatic heterocycles. The summed E-state index contributed by atoms with van der Waals surface area (Å²) >= 11 is 6.09. The summed E-state index contributed by atoms with van der Waals surface area (Å²) in [6, 6.07) is 8.06. The topological polar surface area (TPSA) is 0 Å². The number of halogens is 1. The van der Waals surface area contributed by atoms with Crippen LogP contribution in [0.3, 0.4) is 0 Å². The number of hydrogen-bond acceptors (Lipinski definition) is 0. The minimum absolute atomic E-state index is 0.875. The Balaban J connectivity index is 2.12. The second-order valence-electron chi connectivity index (χ2n) is 4.47. The molecule has 0 aliphatic carbocycles. The van der Waals surface area contributed by atoms with Gasteiger partial charge in [-0.25, -0.2) is 0 Å². The van der Waals surface area contributed by atoms with Crippen molar-refractivity contribution >= 4 is 11.6 Å². The number of benzene rings is 1. The summed E-state index contributed by atoms with van der Waals surface area (Å²) in [6.07, 6.45) is 13.4. The van der Waals surface area contributed by atoms with E-state index in [1.54, 1.807) is 0 Å². The van der Waals surface area contributed by atoms with Crippen molar-refractivity contribution < 1.29 is 0 Å². The number of allylic oxidation sites excluding steroid dienone is 2. The highest BCUT2D eigenvalue weighted by Gasteiger charge is 1.94. The standard InChI is InChI=1S/C16H23Cl/c1-2-3-4-5-6-7-8-9-12-15-13-10-11-14-16(15)17/h8-11,13-14H,2-7,12H2,1H3. The van der Waals surface area contributed by atoms with Crippen LogP contribution in [0.25, 0.3) is 0 Å². The Hall–Kier alpha value is -0.750. The van der Waals surface area contributed by atoms with Crippen LogP contribution in [0.5, 0.6) is 0 Å². The molecule has 0 N–H and O–H groups in total. The maximum atomic E-state index is 6.09. The molecule has 1 aromatic carbocycles. The number of hydrogen-bond donors (Lipinski definition) is 0. The molecule has 1 heteroatoms. The fourth-order valence-electron chi connectivity index (χ4n) is 1.86. The van der Waals surface area contributed by atoms with Gasteiger partial charge in [0, 0.05) is 5.02 Å². The van der Waals surface area contributed by atoms with Crippen molar-refractivity contribution in [3.63, 3.8) is 0 Å². The first-order valence-corrected chi connectivity index (χ1v) is 7.10. The summed E-state index contributed by atoms with van der Waals surface area (Å²) in [5.41, 5.74) is 1.22. The Morgan fingerprint density at radius 2 is 1.76 bits per heavy atom. The quantitative estimate of drug-likeness (QED) is 0.404. The molecule has 0 saturated heterocycles. The molecule has 94 valence electrons. The zero-order chi connectivity index (χ0) is 12.3. The average molecular weight is 251 g/mol. The van der Waals surface area contributed by atoms with E-state index in [1.165, 1.54) is 44.1 Å². The van der Waals surface area contributed by atoms with Gasteiger partial charge in [0.25, 0.3) is 0 Å². The normalized spacial score (nSPS) is 11.2. The predicted octanol–water partition coefficient (Wildman–Crippen LogP) is 5.80. The van der Waals surface area contributed by atoms with Gasteiger partial charge < -0.3 is 0 Å². The van der Waals surface area contributed by atoms with Gasteiger partial charge in [0.1, 0.15) is 0 Å². The van der Waals surface area contributed by atoms with Crippen LogP contribution in [0.2, 0.25) is 5.02 Å². The Kier molecular flexibility index (Phi) is 7.83. The molecule has 0 amide bonds. The molecule has 0 spiro atoms. The van der Waals surface area contributed by atoms with Gasteiger partial charge in [-0.3, -0.25) is 0 Å². The lowest BCUT2D eigenvalue weighted by molar-refractivity contribution is 0.637. The fraction of sp³-hybridized carbons (Fsp3) is 0.500. The van der Waals surface area contributed by atoms with Gasteiger partial charge in [0.15, 0.2) is 0 Å². The van der Waals surface area contributed by atoms with Crippen molar-refractivity contribution in [2.24, 2.45) is 0 Å². The van der Waals surface area contributed by atoms with Gasteiger partial charge in [0.2, 0.25) is 0 Å². The van der Waals surface area contributed by atoms with Gasteiger partial charge in [-0.2, -0.15) is 0 Å². The SMILES string of the molecule is CCCCCCCC=CCc1ccccc1Cl. The molecule has 0 unspecified atom stereocenters. The van der Waals surface area contributed by atoms with Gasteiger partial charge in [-0.05, 0) is 30.9 Å². The van der Waals surface area contributed by atoms with Crippen LogP contribution >= 0.6 is 11.6 Å². The molecule has 0 atom stereocenters. The van der Waals surface area contributed by atoms with Crippen LogP contribution in [-0.4, -0.2) is 0 Å². The Morgan fingerprint density at radius 3 is 2.53 bits per heavy atom. The summed E-state index contributed by atoms with van der Waals surface area (Å²) in [5, 5.41) is 0.875. The molecule has 0 aromatic heterocycles. The van der Waals surface area contributed by atoms with E-state index in [1.807, 2.05) is 18.2 Å². The largest absolute Gasteiger partial charge is 0.0882 e.